The summed E-state index contributed by atoms with van der Waals surface area (Å²) in [6.07, 6.45) is 3.67. The molecule has 1 aromatic heterocycles. The Labute approximate surface area is 80.9 Å². The number of nitrogens with one attached hydrogen (secondary N) is 2. The van der Waals surface area contributed by atoms with E-state index in [1.807, 2.05) is 0 Å². The first kappa shape index (κ1) is 8.98. The summed E-state index contributed by atoms with van der Waals surface area (Å²) in [5.74, 6) is 0.608. The molecular formula is C8H12N4O2. The summed E-state index contributed by atoms with van der Waals surface area (Å²) in [4.78, 5) is 10.1. The van der Waals surface area contributed by atoms with Crippen molar-refractivity contribution in [3.05, 3.63) is 16.3 Å². The molecule has 0 bridgehead atoms. The van der Waals surface area contributed by atoms with E-state index < -0.39 is 4.92 Å². The molecule has 0 aromatic carbocycles. The highest BCUT2D eigenvalue weighted by atomic mass is 16.6. The smallest absolute Gasteiger partial charge is 0.366 e. The van der Waals surface area contributed by atoms with Crippen molar-refractivity contribution in [2.75, 3.05) is 5.32 Å². The lowest BCUT2D eigenvalue weighted by Gasteiger charge is -2.01. The highest BCUT2D eigenvalue weighted by molar-refractivity contribution is 5.56. The van der Waals surface area contributed by atoms with E-state index >= 15 is 0 Å². The van der Waals surface area contributed by atoms with Gasteiger partial charge in [-0.2, -0.15) is 0 Å². The van der Waals surface area contributed by atoms with Gasteiger partial charge in [0, 0.05) is 6.04 Å². The molecule has 0 aliphatic heterocycles. The van der Waals surface area contributed by atoms with Crippen LogP contribution in [0.4, 0.5) is 11.5 Å². The largest absolute Gasteiger partial charge is 0.374 e. The fraction of sp³-hybridized carbons (Fsp3) is 0.625. The van der Waals surface area contributed by atoms with Crippen LogP contribution in [0.25, 0.3) is 0 Å². The van der Waals surface area contributed by atoms with E-state index in [0.717, 1.165) is 12.8 Å². The number of nitrogens with zero attached hydrogens (tertiary/aromatic N) is 2. The molecule has 14 heavy (non-hydrogen) atoms. The molecule has 76 valence electrons. The van der Waals surface area contributed by atoms with Gasteiger partial charge in [0.05, 0.1) is 0 Å². The first-order chi connectivity index (χ1) is 6.72. The van der Waals surface area contributed by atoms with Crippen LogP contribution in [0, 0.1) is 16.0 Å². The van der Waals surface area contributed by atoms with Crippen molar-refractivity contribution in [1.29, 1.82) is 0 Å². The van der Waals surface area contributed by atoms with Gasteiger partial charge in [0.1, 0.15) is 6.20 Å². The number of aromatic nitrogens is 2. The van der Waals surface area contributed by atoms with Crippen LogP contribution in [-0.4, -0.2) is 21.2 Å². The van der Waals surface area contributed by atoms with Gasteiger partial charge in [0.15, 0.2) is 5.69 Å². The quantitative estimate of drug-likeness (QED) is 0.565. The van der Waals surface area contributed by atoms with Gasteiger partial charge < -0.3 is 15.4 Å². The molecule has 1 aromatic rings. The number of aromatic amines is 1. The predicted octanol–water partition coefficient (Wildman–Crippen LogP) is 1.53. The summed E-state index contributed by atoms with van der Waals surface area (Å²) in [7, 11) is 0. The van der Waals surface area contributed by atoms with Crippen molar-refractivity contribution in [3.63, 3.8) is 0 Å². The highest BCUT2D eigenvalue weighted by Crippen LogP contribution is 2.37. The number of anilines is 1. The van der Waals surface area contributed by atoms with Gasteiger partial charge in [-0.1, -0.05) is 18.4 Å². The molecule has 1 heterocycles. The van der Waals surface area contributed by atoms with Crippen molar-refractivity contribution >= 4 is 11.5 Å². The normalized spacial score (nSPS) is 24.6. The number of H-pyrrole nitrogens is 1. The molecule has 0 radical (unpaired) electrons. The van der Waals surface area contributed by atoms with Crippen LogP contribution in [-0.2, 0) is 0 Å². The third-order valence-electron chi connectivity index (χ3n) is 2.59. The third-order valence-corrected chi connectivity index (χ3v) is 2.59. The molecule has 2 atom stereocenters. The minimum atomic E-state index is -0.460. The van der Waals surface area contributed by atoms with Gasteiger partial charge in [-0.05, 0) is 17.3 Å². The second-order valence-corrected chi connectivity index (χ2v) is 3.54. The maximum Gasteiger partial charge on any atom is 0.366 e. The van der Waals surface area contributed by atoms with Gasteiger partial charge in [-0.15, -0.1) is 5.10 Å². The topological polar surface area (TPSA) is 83.8 Å². The van der Waals surface area contributed by atoms with E-state index in [0.29, 0.717) is 17.6 Å². The SMILES string of the molecule is CCC1CC1Nc1cn[nH]c1[N+](=O)[O-]. The van der Waals surface area contributed by atoms with Crippen molar-refractivity contribution in [2.45, 2.75) is 25.8 Å². The Kier molecular flexibility index (Phi) is 2.11. The molecule has 0 saturated heterocycles. The van der Waals surface area contributed by atoms with Crippen LogP contribution >= 0.6 is 0 Å². The third kappa shape index (κ3) is 1.55. The van der Waals surface area contributed by atoms with Crippen LogP contribution in [0.1, 0.15) is 19.8 Å². The average Bonchev–Trinajstić information content (AvgIpc) is 2.71. The van der Waals surface area contributed by atoms with Gasteiger partial charge in [0.25, 0.3) is 0 Å². The van der Waals surface area contributed by atoms with Crippen LogP contribution < -0.4 is 5.32 Å². The molecular weight excluding hydrogens is 184 g/mol. The molecule has 6 nitrogen and oxygen atoms in total. The Morgan fingerprint density at radius 3 is 3.21 bits per heavy atom. The van der Waals surface area contributed by atoms with E-state index in [9.17, 15) is 10.1 Å². The predicted molar refractivity (Wildman–Crippen MR) is 51.1 cm³/mol. The molecule has 2 unspecified atom stereocenters. The Hall–Kier alpha value is -1.59. The zero-order chi connectivity index (χ0) is 10.1. The summed E-state index contributed by atoms with van der Waals surface area (Å²) in [5.41, 5.74) is 0.496. The Morgan fingerprint density at radius 1 is 1.86 bits per heavy atom. The minimum Gasteiger partial charge on any atom is -0.374 e. The molecule has 1 fully saturated rings. The van der Waals surface area contributed by atoms with Crippen LogP contribution in [0.5, 0.6) is 0 Å². The molecule has 1 saturated carbocycles. The fourth-order valence-electron chi connectivity index (χ4n) is 1.60. The highest BCUT2D eigenvalue weighted by Gasteiger charge is 2.36. The van der Waals surface area contributed by atoms with E-state index in [1.165, 1.54) is 6.20 Å². The maximum atomic E-state index is 10.5. The standard InChI is InChI=1S/C8H12N4O2/c1-2-5-3-6(5)10-7-4-9-11-8(7)12(13)14/h4-6,10H,2-3H2,1H3,(H,9,11). The summed E-state index contributed by atoms with van der Waals surface area (Å²) in [6, 6.07) is 0.385. The van der Waals surface area contributed by atoms with Crippen LogP contribution in [0.15, 0.2) is 6.20 Å². The van der Waals surface area contributed by atoms with Gasteiger partial charge in [-0.25, -0.2) is 0 Å². The van der Waals surface area contributed by atoms with E-state index in [-0.39, 0.29) is 5.82 Å². The molecule has 0 amide bonds. The summed E-state index contributed by atoms with van der Waals surface area (Å²) < 4.78 is 0. The first-order valence-electron chi connectivity index (χ1n) is 4.66. The lowest BCUT2D eigenvalue weighted by atomic mass is 10.3. The number of hydrogen-bond acceptors (Lipinski definition) is 4. The van der Waals surface area contributed by atoms with Crippen molar-refractivity contribution in [1.82, 2.24) is 10.2 Å². The minimum absolute atomic E-state index is 0.0493. The molecule has 2 N–H and O–H groups in total. The zero-order valence-corrected chi connectivity index (χ0v) is 7.86. The fourth-order valence-corrected chi connectivity index (χ4v) is 1.60. The van der Waals surface area contributed by atoms with Crippen molar-refractivity contribution < 1.29 is 4.92 Å². The average molecular weight is 196 g/mol. The summed E-state index contributed by atoms with van der Waals surface area (Å²) in [6.45, 7) is 2.12. The van der Waals surface area contributed by atoms with Gasteiger partial charge in [-0.3, -0.25) is 0 Å². The molecule has 1 aliphatic carbocycles. The number of nitro groups is 1. The van der Waals surface area contributed by atoms with Gasteiger partial charge >= 0.3 is 5.82 Å². The van der Waals surface area contributed by atoms with E-state index in [1.54, 1.807) is 0 Å². The molecule has 6 heteroatoms. The molecule has 2 rings (SSSR count). The zero-order valence-electron chi connectivity index (χ0n) is 7.86. The Balaban J connectivity index is 2.03. The summed E-state index contributed by atoms with van der Waals surface area (Å²) >= 11 is 0. The van der Waals surface area contributed by atoms with Crippen molar-refractivity contribution in [2.24, 2.45) is 5.92 Å². The van der Waals surface area contributed by atoms with E-state index in [4.69, 9.17) is 0 Å². The Bertz CT molecular complexity index is 349. The van der Waals surface area contributed by atoms with Crippen LogP contribution in [0.2, 0.25) is 0 Å². The lowest BCUT2D eigenvalue weighted by Crippen LogP contribution is -2.05. The number of rotatable bonds is 4. The second-order valence-electron chi connectivity index (χ2n) is 3.54. The maximum absolute atomic E-state index is 10.5. The monoisotopic (exact) mass is 196 g/mol. The van der Waals surface area contributed by atoms with E-state index in [2.05, 4.69) is 22.4 Å². The van der Waals surface area contributed by atoms with Crippen molar-refractivity contribution in [3.8, 4) is 0 Å². The lowest BCUT2D eigenvalue weighted by molar-refractivity contribution is -0.388. The first-order valence-corrected chi connectivity index (χ1v) is 4.66. The summed E-state index contributed by atoms with van der Waals surface area (Å²) in [5, 5.41) is 19.6. The molecule has 0 spiro atoms. The second kappa shape index (κ2) is 3.28. The number of hydrogen-bond donors (Lipinski definition) is 2. The molecule has 1 aliphatic rings. The van der Waals surface area contributed by atoms with Crippen LogP contribution in [0.3, 0.4) is 0 Å². The Morgan fingerprint density at radius 2 is 2.64 bits per heavy atom. The van der Waals surface area contributed by atoms with Gasteiger partial charge in [0.2, 0.25) is 0 Å².